The summed E-state index contributed by atoms with van der Waals surface area (Å²) in [6.07, 6.45) is 7.60. The quantitative estimate of drug-likeness (QED) is 0.628. The first kappa shape index (κ1) is 11.6. The molecule has 0 aliphatic heterocycles. The molecular formula is C10H13N3OS. The Balaban J connectivity index is 2.51. The number of carbonyl (C=O) groups excluding carboxylic acids is 1. The third-order valence-electron chi connectivity index (χ3n) is 1.55. The first-order chi connectivity index (χ1) is 7.26. The van der Waals surface area contributed by atoms with Gasteiger partial charge in [0.25, 0.3) is 0 Å². The lowest BCUT2D eigenvalue weighted by molar-refractivity contribution is -0.111. The van der Waals surface area contributed by atoms with Crippen molar-refractivity contribution < 1.29 is 4.79 Å². The van der Waals surface area contributed by atoms with Crippen LogP contribution in [-0.2, 0) is 11.2 Å². The molecule has 0 unspecified atom stereocenters. The molecule has 5 heteroatoms. The van der Waals surface area contributed by atoms with Crippen LogP contribution in [0.2, 0.25) is 0 Å². The van der Waals surface area contributed by atoms with E-state index in [1.165, 1.54) is 17.4 Å². The number of hydrogen-bond acceptors (Lipinski definition) is 4. The summed E-state index contributed by atoms with van der Waals surface area (Å²) < 4.78 is 0. The van der Waals surface area contributed by atoms with Crippen LogP contribution >= 0.6 is 11.3 Å². The molecule has 0 radical (unpaired) electrons. The van der Waals surface area contributed by atoms with Crippen LogP contribution in [0.3, 0.4) is 0 Å². The van der Waals surface area contributed by atoms with E-state index in [9.17, 15) is 4.79 Å². The van der Waals surface area contributed by atoms with Crippen LogP contribution in [-0.4, -0.2) is 16.1 Å². The van der Waals surface area contributed by atoms with E-state index in [0.717, 1.165) is 11.4 Å². The van der Waals surface area contributed by atoms with E-state index in [2.05, 4.69) is 15.5 Å². The Morgan fingerprint density at radius 1 is 1.47 bits per heavy atom. The minimum absolute atomic E-state index is 0.188. The van der Waals surface area contributed by atoms with E-state index in [1.54, 1.807) is 12.2 Å². The van der Waals surface area contributed by atoms with E-state index < -0.39 is 0 Å². The molecule has 1 amide bonds. The summed E-state index contributed by atoms with van der Waals surface area (Å²) in [6.45, 7) is 3.89. The highest BCUT2D eigenvalue weighted by Crippen LogP contribution is 2.14. The molecular weight excluding hydrogens is 210 g/mol. The Bertz CT molecular complexity index is 382. The van der Waals surface area contributed by atoms with Crippen molar-refractivity contribution in [2.75, 3.05) is 5.32 Å². The van der Waals surface area contributed by atoms with E-state index in [-0.39, 0.29) is 5.91 Å². The second kappa shape index (κ2) is 6.08. The second-order valence-corrected chi connectivity index (χ2v) is 3.79. The summed E-state index contributed by atoms with van der Waals surface area (Å²) in [4.78, 5) is 11.3. The van der Waals surface area contributed by atoms with Crippen LogP contribution in [0.25, 0.3) is 0 Å². The molecule has 80 valence electrons. The molecule has 0 aliphatic carbocycles. The first-order valence-electron chi connectivity index (χ1n) is 4.69. The third-order valence-corrected chi connectivity index (χ3v) is 2.53. The van der Waals surface area contributed by atoms with Crippen molar-refractivity contribution in [1.29, 1.82) is 0 Å². The molecule has 1 rings (SSSR count). The first-order valence-corrected chi connectivity index (χ1v) is 5.50. The molecule has 1 heterocycles. The zero-order valence-electron chi connectivity index (χ0n) is 8.73. The SMILES string of the molecule is C/C=C/C=C/C(=O)Nc1nnc(CC)s1. The summed E-state index contributed by atoms with van der Waals surface area (Å²) >= 11 is 1.39. The van der Waals surface area contributed by atoms with Crippen LogP contribution in [0.1, 0.15) is 18.9 Å². The molecule has 0 bridgehead atoms. The number of nitrogens with zero attached hydrogens (tertiary/aromatic N) is 2. The Labute approximate surface area is 92.7 Å². The molecule has 4 nitrogen and oxygen atoms in total. The van der Waals surface area contributed by atoms with E-state index >= 15 is 0 Å². The monoisotopic (exact) mass is 223 g/mol. The molecule has 0 atom stereocenters. The third kappa shape index (κ3) is 4.03. The van der Waals surface area contributed by atoms with Crippen molar-refractivity contribution in [3.05, 3.63) is 29.3 Å². The maximum atomic E-state index is 11.3. The average molecular weight is 223 g/mol. The zero-order chi connectivity index (χ0) is 11.1. The van der Waals surface area contributed by atoms with Gasteiger partial charge in [0.15, 0.2) is 0 Å². The molecule has 0 saturated carbocycles. The molecule has 0 aliphatic rings. The van der Waals surface area contributed by atoms with Gasteiger partial charge in [-0.2, -0.15) is 0 Å². The summed E-state index contributed by atoms with van der Waals surface area (Å²) in [7, 11) is 0. The zero-order valence-corrected chi connectivity index (χ0v) is 9.54. The highest BCUT2D eigenvalue weighted by atomic mass is 32.1. The van der Waals surface area contributed by atoms with Crippen LogP contribution in [0.4, 0.5) is 5.13 Å². The van der Waals surface area contributed by atoms with Crippen LogP contribution in [0.5, 0.6) is 0 Å². The van der Waals surface area contributed by atoms with Gasteiger partial charge in [-0.25, -0.2) is 0 Å². The Hall–Kier alpha value is -1.49. The van der Waals surface area contributed by atoms with Crippen molar-refractivity contribution in [1.82, 2.24) is 10.2 Å². The topological polar surface area (TPSA) is 54.9 Å². The maximum Gasteiger partial charge on any atom is 0.250 e. The summed E-state index contributed by atoms with van der Waals surface area (Å²) in [5.74, 6) is -0.188. The summed E-state index contributed by atoms with van der Waals surface area (Å²) in [5.41, 5.74) is 0. The predicted molar refractivity (Wildman–Crippen MR) is 61.9 cm³/mol. The number of aromatic nitrogens is 2. The molecule has 0 spiro atoms. The maximum absolute atomic E-state index is 11.3. The van der Waals surface area contributed by atoms with Crippen molar-refractivity contribution in [3.63, 3.8) is 0 Å². The molecule has 0 aromatic carbocycles. The largest absolute Gasteiger partial charge is 0.297 e. The highest BCUT2D eigenvalue weighted by Gasteiger charge is 2.03. The van der Waals surface area contributed by atoms with Crippen LogP contribution < -0.4 is 5.32 Å². The number of allylic oxidation sites excluding steroid dienone is 3. The number of aryl methyl sites for hydroxylation is 1. The summed E-state index contributed by atoms with van der Waals surface area (Å²) in [5, 5.41) is 11.8. The highest BCUT2D eigenvalue weighted by molar-refractivity contribution is 7.15. The number of anilines is 1. The van der Waals surface area contributed by atoms with Gasteiger partial charge in [0, 0.05) is 6.08 Å². The van der Waals surface area contributed by atoms with Crippen molar-refractivity contribution >= 4 is 22.4 Å². The number of rotatable bonds is 4. The lowest BCUT2D eigenvalue weighted by Gasteiger charge is -1.92. The molecule has 0 saturated heterocycles. The number of nitrogens with one attached hydrogen (secondary N) is 1. The fourth-order valence-electron chi connectivity index (χ4n) is 0.848. The number of amides is 1. The van der Waals surface area contributed by atoms with E-state index in [0.29, 0.717) is 5.13 Å². The number of carbonyl (C=O) groups is 1. The Kier molecular flexibility index (Phi) is 4.70. The summed E-state index contributed by atoms with van der Waals surface area (Å²) in [6, 6.07) is 0. The van der Waals surface area contributed by atoms with Gasteiger partial charge in [0.05, 0.1) is 0 Å². The number of hydrogen-bond donors (Lipinski definition) is 1. The normalized spacial score (nSPS) is 11.3. The minimum Gasteiger partial charge on any atom is -0.297 e. The average Bonchev–Trinajstić information content (AvgIpc) is 2.66. The Morgan fingerprint density at radius 2 is 2.27 bits per heavy atom. The molecule has 1 aromatic rings. The van der Waals surface area contributed by atoms with Gasteiger partial charge in [-0.05, 0) is 13.3 Å². The van der Waals surface area contributed by atoms with Gasteiger partial charge < -0.3 is 0 Å². The van der Waals surface area contributed by atoms with Gasteiger partial charge in [0.1, 0.15) is 5.01 Å². The molecule has 1 aromatic heterocycles. The van der Waals surface area contributed by atoms with Crippen molar-refractivity contribution in [2.24, 2.45) is 0 Å². The minimum atomic E-state index is -0.188. The molecule has 1 N–H and O–H groups in total. The van der Waals surface area contributed by atoms with Gasteiger partial charge in [-0.3, -0.25) is 10.1 Å². The van der Waals surface area contributed by atoms with E-state index in [4.69, 9.17) is 0 Å². The standard InChI is InChI=1S/C10H13N3OS/c1-3-5-6-7-8(14)11-10-13-12-9(4-2)15-10/h3,5-7H,4H2,1-2H3,(H,11,13,14)/b5-3+,7-6+. The van der Waals surface area contributed by atoms with Gasteiger partial charge in [0.2, 0.25) is 11.0 Å². The fourth-order valence-corrected chi connectivity index (χ4v) is 1.53. The van der Waals surface area contributed by atoms with E-state index in [1.807, 2.05) is 19.9 Å². The van der Waals surface area contributed by atoms with Crippen molar-refractivity contribution in [3.8, 4) is 0 Å². The molecule has 15 heavy (non-hydrogen) atoms. The Morgan fingerprint density at radius 3 is 2.87 bits per heavy atom. The van der Waals surface area contributed by atoms with Crippen molar-refractivity contribution in [2.45, 2.75) is 20.3 Å². The van der Waals surface area contributed by atoms with Gasteiger partial charge >= 0.3 is 0 Å². The van der Waals surface area contributed by atoms with Gasteiger partial charge in [-0.15, -0.1) is 10.2 Å². The lowest BCUT2D eigenvalue weighted by atomic mass is 10.4. The molecule has 0 fully saturated rings. The smallest absolute Gasteiger partial charge is 0.250 e. The second-order valence-electron chi connectivity index (χ2n) is 2.73. The fraction of sp³-hybridized carbons (Fsp3) is 0.300. The van der Waals surface area contributed by atoms with Crippen LogP contribution in [0, 0.1) is 0 Å². The lowest BCUT2D eigenvalue weighted by Crippen LogP contribution is -2.07. The van der Waals surface area contributed by atoms with Crippen LogP contribution in [0.15, 0.2) is 24.3 Å². The van der Waals surface area contributed by atoms with Gasteiger partial charge in [-0.1, -0.05) is 36.5 Å². The predicted octanol–water partition coefficient (Wildman–Crippen LogP) is 2.17.